The van der Waals surface area contributed by atoms with Gasteiger partial charge in [0.15, 0.2) is 0 Å². The van der Waals surface area contributed by atoms with Gasteiger partial charge in [-0.15, -0.1) is 0 Å². The lowest BCUT2D eigenvalue weighted by molar-refractivity contribution is -0.124. The first-order valence-corrected chi connectivity index (χ1v) is 16.0. The average molecular weight is 587 g/mol. The van der Waals surface area contributed by atoms with Crippen molar-refractivity contribution in [2.45, 2.75) is 70.8 Å². The third-order valence-electron chi connectivity index (χ3n) is 9.11. The van der Waals surface area contributed by atoms with Gasteiger partial charge in [0.1, 0.15) is 0 Å². The highest BCUT2D eigenvalue weighted by molar-refractivity contribution is 5.78. The van der Waals surface area contributed by atoms with Crippen molar-refractivity contribution in [1.29, 1.82) is 0 Å². The van der Waals surface area contributed by atoms with Crippen LogP contribution in [0.25, 0.3) is 0 Å². The molecule has 1 fully saturated rings. The summed E-state index contributed by atoms with van der Waals surface area (Å²) in [5.74, 6) is 0.135. The first-order chi connectivity index (χ1) is 21.2. The van der Waals surface area contributed by atoms with E-state index in [1.54, 1.807) is 0 Å². The smallest absolute Gasteiger partial charge is 0.221 e. The Kier molecular flexibility index (Phi) is 9.99. The van der Waals surface area contributed by atoms with Crippen LogP contribution in [-0.2, 0) is 9.59 Å². The van der Waals surface area contributed by atoms with Crippen molar-refractivity contribution in [3.05, 3.63) is 144 Å². The fourth-order valence-corrected chi connectivity index (χ4v) is 7.51. The van der Waals surface area contributed by atoms with Crippen LogP contribution >= 0.6 is 0 Å². The third-order valence-corrected chi connectivity index (χ3v) is 9.11. The summed E-state index contributed by atoms with van der Waals surface area (Å²) in [7, 11) is 0. The number of hydrogen-bond donors (Lipinski definition) is 2. The fourth-order valence-electron chi connectivity index (χ4n) is 7.51. The zero-order valence-electron chi connectivity index (χ0n) is 26.3. The van der Waals surface area contributed by atoms with Crippen molar-refractivity contribution in [3.63, 3.8) is 0 Å². The molecule has 0 saturated heterocycles. The van der Waals surface area contributed by atoms with Crippen LogP contribution in [0.4, 0.5) is 0 Å². The lowest BCUT2D eigenvalue weighted by atomic mass is 9.62. The molecule has 0 spiro atoms. The highest BCUT2D eigenvalue weighted by Gasteiger charge is 2.42. The maximum atomic E-state index is 13.6. The monoisotopic (exact) mass is 586 g/mol. The van der Waals surface area contributed by atoms with Gasteiger partial charge in [0.25, 0.3) is 0 Å². The van der Waals surface area contributed by atoms with Crippen molar-refractivity contribution in [1.82, 2.24) is 10.6 Å². The Morgan fingerprint density at radius 2 is 1.00 bits per heavy atom. The maximum absolute atomic E-state index is 13.6. The van der Waals surface area contributed by atoms with Crippen molar-refractivity contribution in [2.24, 2.45) is 10.8 Å². The molecule has 4 aromatic carbocycles. The Bertz CT molecular complexity index is 1410. The zero-order valence-corrected chi connectivity index (χ0v) is 26.3. The molecule has 0 aromatic heterocycles. The molecule has 1 saturated carbocycles. The van der Waals surface area contributed by atoms with Gasteiger partial charge in [0.2, 0.25) is 11.8 Å². The van der Waals surface area contributed by atoms with E-state index >= 15 is 0 Å². The van der Waals surface area contributed by atoms with Gasteiger partial charge in [0.05, 0.1) is 0 Å². The molecule has 5 rings (SSSR count). The van der Waals surface area contributed by atoms with Crippen LogP contribution in [0, 0.1) is 10.8 Å². The number of hydrogen-bond acceptors (Lipinski definition) is 2. The summed E-state index contributed by atoms with van der Waals surface area (Å²) in [5.41, 5.74) is 4.51. The molecule has 2 unspecified atom stereocenters. The molecule has 0 aliphatic heterocycles. The summed E-state index contributed by atoms with van der Waals surface area (Å²) in [4.78, 5) is 27.0. The standard InChI is InChI=1S/C40H46N2O2/c1-39(2)26-34(42-38(44)25-36(32-20-12-6-13-21-32)33-22-14-7-15-23-33)27-40(3,28-39)29-41-37(43)24-35(30-16-8-4-9-17-30)31-18-10-5-11-19-31/h4-23,34-36H,24-29H2,1-3H3,(H,41,43)(H,42,44). The summed E-state index contributed by atoms with van der Waals surface area (Å²) in [5, 5.41) is 6.71. The summed E-state index contributed by atoms with van der Waals surface area (Å²) < 4.78 is 0. The normalized spacial score (nSPS) is 19.4. The Morgan fingerprint density at radius 3 is 1.41 bits per heavy atom. The minimum Gasteiger partial charge on any atom is -0.356 e. The molecule has 2 N–H and O–H groups in total. The number of carbonyl (C=O) groups excluding carboxylic acids is 2. The van der Waals surface area contributed by atoms with Crippen LogP contribution in [0.2, 0.25) is 0 Å². The highest BCUT2D eigenvalue weighted by Crippen LogP contribution is 2.46. The molecule has 1 aliphatic carbocycles. The quantitative estimate of drug-likeness (QED) is 0.186. The first kappa shape index (κ1) is 31.3. The van der Waals surface area contributed by atoms with Gasteiger partial charge in [-0.1, -0.05) is 142 Å². The highest BCUT2D eigenvalue weighted by atomic mass is 16.2. The van der Waals surface area contributed by atoms with Crippen LogP contribution in [0.5, 0.6) is 0 Å². The molecule has 1 aliphatic rings. The second-order valence-corrected chi connectivity index (χ2v) is 13.8. The Morgan fingerprint density at radius 1 is 0.614 bits per heavy atom. The SMILES string of the molecule is CC1(C)CC(NC(=O)CC(c2ccccc2)c2ccccc2)CC(C)(CNC(=O)CC(c2ccccc2)c2ccccc2)C1. The summed E-state index contributed by atoms with van der Waals surface area (Å²) in [6.07, 6.45) is 3.55. The Balaban J connectivity index is 1.23. The lowest BCUT2D eigenvalue weighted by Crippen LogP contribution is -2.50. The lowest BCUT2D eigenvalue weighted by Gasteiger charge is -2.47. The second-order valence-electron chi connectivity index (χ2n) is 13.8. The molecular weight excluding hydrogens is 540 g/mol. The molecule has 0 heterocycles. The second kappa shape index (κ2) is 14.1. The van der Waals surface area contributed by atoms with E-state index in [0.717, 1.165) is 41.5 Å². The molecule has 2 atom stereocenters. The molecule has 228 valence electrons. The van der Waals surface area contributed by atoms with Gasteiger partial charge >= 0.3 is 0 Å². The molecule has 2 amide bonds. The van der Waals surface area contributed by atoms with Crippen molar-refractivity contribution in [2.75, 3.05) is 6.54 Å². The molecule has 4 aromatic rings. The first-order valence-electron chi connectivity index (χ1n) is 16.0. The number of rotatable bonds is 11. The van der Waals surface area contributed by atoms with E-state index < -0.39 is 0 Å². The van der Waals surface area contributed by atoms with Crippen molar-refractivity contribution in [3.8, 4) is 0 Å². The van der Waals surface area contributed by atoms with E-state index in [9.17, 15) is 9.59 Å². The Hall–Kier alpha value is -4.18. The predicted molar refractivity (Wildman–Crippen MR) is 179 cm³/mol. The molecular formula is C40H46N2O2. The van der Waals surface area contributed by atoms with Gasteiger partial charge in [0, 0.05) is 37.3 Å². The van der Waals surface area contributed by atoms with E-state index in [-0.39, 0.29) is 40.5 Å². The molecule has 44 heavy (non-hydrogen) atoms. The number of nitrogens with one attached hydrogen (secondary N) is 2. The van der Waals surface area contributed by atoms with Crippen LogP contribution < -0.4 is 10.6 Å². The van der Waals surface area contributed by atoms with E-state index in [4.69, 9.17) is 0 Å². The van der Waals surface area contributed by atoms with Gasteiger partial charge in [-0.05, 0) is 52.3 Å². The van der Waals surface area contributed by atoms with Crippen LogP contribution in [-0.4, -0.2) is 24.4 Å². The summed E-state index contributed by atoms with van der Waals surface area (Å²) >= 11 is 0. The summed E-state index contributed by atoms with van der Waals surface area (Å²) in [6, 6.07) is 41.2. The van der Waals surface area contributed by atoms with Gasteiger partial charge in [-0.25, -0.2) is 0 Å². The third kappa shape index (κ3) is 8.47. The number of benzene rings is 4. The maximum Gasteiger partial charge on any atom is 0.221 e. The van der Waals surface area contributed by atoms with E-state index in [2.05, 4.69) is 79.9 Å². The minimum atomic E-state index is -0.122. The number of amides is 2. The van der Waals surface area contributed by atoms with Crippen LogP contribution in [0.3, 0.4) is 0 Å². The van der Waals surface area contributed by atoms with Gasteiger partial charge in [-0.3, -0.25) is 9.59 Å². The van der Waals surface area contributed by atoms with Crippen molar-refractivity contribution < 1.29 is 9.59 Å². The van der Waals surface area contributed by atoms with Crippen LogP contribution in [0.15, 0.2) is 121 Å². The molecule has 4 heteroatoms. The van der Waals surface area contributed by atoms with E-state index in [1.165, 1.54) is 0 Å². The van der Waals surface area contributed by atoms with Gasteiger partial charge in [-0.2, -0.15) is 0 Å². The van der Waals surface area contributed by atoms with Gasteiger partial charge < -0.3 is 10.6 Å². The van der Waals surface area contributed by atoms with E-state index in [0.29, 0.717) is 19.4 Å². The van der Waals surface area contributed by atoms with Crippen molar-refractivity contribution >= 4 is 11.8 Å². The minimum absolute atomic E-state index is 0.00171. The van der Waals surface area contributed by atoms with Crippen LogP contribution in [0.1, 0.15) is 87.0 Å². The number of carbonyl (C=O) groups is 2. The fraction of sp³-hybridized carbons (Fsp3) is 0.350. The molecule has 4 nitrogen and oxygen atoms in total. The average Bonchev–Trinajstić information content (AvgIpc) is 3.02. The zero-order chi connectivity index (χ0) is 31.0. The topological polar surface area (TPSA) is 58.2 Å². The predicted octanol–water partition coefficient (Wildman–Crippen LogP) is 8.25. The largest absolute Gasteiger partial charge is 0.356 e. The van der Waals surface area contributed by atoms with E-state index in [1.807, 2.05) is 72.8 Å². The molecule has 0 radical (unpaired) electrons. The summed E-state index contributed by atoms with van der Waals surface area (Å²) in [6.45, 7) is 7.41. The Labute approximate surface area is 263 Å². The molecule has 0 bridgehead atoms.